The van der Waals surface area contributed by atoms with Crippen molar-refractivity contribution >= 4 is 103 Å². The van der Waals surface area contributed by atoms with Crippen molar-refractivity contribution < 1.29 is 0 Å². The van der Waals surface area contributed by atoms with Gasteiger partial charge in [0, 0.05) is 70.2 Å². The number of para-hydroxylation sites is 3. The fraction of sp³-hybridized carbons (Fsp3) is 0. The number of nitrogens with zero attached hydrogens (tertiary/aromatic N) is 3. The van der Waals surface area contributed by atoms with Gasteiger partial charge >= 0.3 is 0 Å². The lowest BCUT2D eigenvalue weighted by Crippen LogP contribution is -2.10. The predicted molar refractivity (Wildman–Crippen MR) is 266 cm³/mol. The van der Waals surface area contributed by atoms with Crippen molar-refractivity contribution in [1.82, 2.24) is 9.13 Å². The number of thiophene rings is 1. The summed E-state index contributed by atoms with van der Waals surface area (Å²) >= 11 is 1.86. The zero-order valence-electron chi connectivity index (χ0n) is 33.6. The number of fused-ring (bicyclic) bond motifs is 11. The minimum absolute atomic E-state index is 1.10. The summed E-state index contributed by atoms with van der Waals surface area (Å²) < 4.78 is 7.39. The Morgan fingerprint density at radius 1 is 0.306 bits per heavy atom. The molecule has 0 saturated heterocycles. The van der Waals surface area contributed by atoms with Gasteiger partial charge in [-0.05, 0) is 107 Å². The highest BCUT2D eigenvalue weighted by atomic mass is 32.1. The van der Waals surface area contributed by atoms with Crippen molar-refractivity contribution in [2.24, 2.45) is 0 Å². The van der Waals surface area contributed by atoms with Crippen molar-refractivity contribution in [1.29, 1.82) is 0 Å². The van der Waals surface area contributed by atoms with Crippen LogP contribution in [0.1, 0.15) is 0 Å². The smallest absolute Gasteiger partial charge is 0.0561 e. The molecule has 0 aliphatic rings. The zero-order chi connectivity index (χ0) is 40.7. The van der Waals surface area contributed by atoms with Gasteiger partial charge in [-0.15, -0.1) is 11.3 Å². The van der Waals surface area contributed by atoms with Crippen LogP contribution in [0.15, 0.2) is 224 Å². The standard InChI is InChI=1S/C58H37N3S/c1-2-13-41(14-3-1)61-52-19-9-6-16-47(52)48-33-31-44(36-55(48)61)59(45-32-34-50-49-17-8-11-21-56(49)62-57(50)37-45)42-27-22-38(23-28-42)39-24-29-43(30-25-39)60-53-20-10-7-18-51(53)58-46-15-5-4-12-40(46)26-35-54(58)60/h1-37H. The summed E-state index contributed by atoms with van der Waals surface area (Å²) in [5.74, 6) is 0. The maximum absolute atomic E-state index is 2.41. The molecular weight excluding hydrogens is 771 g/mol. The van der Waals surface area contributed by atoms with Gasteiger partial charge in [-0.3, -0.25) is 0 Å². The lowest BCUT2D eigenvalue weighted by Gasteiger charge is -2.26. The summed E-state index contributed by atoms with van der Waals surface area (Å²) in [4.78, 5) is 2.41. The maximum Gasteiger partial charge on any atom is 0.0561 e. The molecule has 62 heavy (non-hydrogen) atoms. The minimum Gasteiger partial charge on any atom is -0.310 e. The number of benzene rings is 10. The van der Waals surface area contributed by atoms with Crippen LogP contribution in [0.2, 0.25) is 0 Å². The average Bonchev–Trinajstić information content (AvgIpc) is 4.00. The summed E-state index contributed by atoms with van der Waals surface area (Å²) in [6.45, 7) is 0. The third-order valence-corrected chi connectivity index (χ3v) is 13.8. The Labute approximate surface area is 362 Å². The summed E-state index contributed by atoms with van der Waals surface area (Å²) in [6.07, 6.45) is 0. The molecule has 290 valence electrons. The van der Waals surface area contributed by atoms with Gasteiger partial charge in [0.2, 0.25) is 0 Å². The molecule has 0 spiro atoms. The molecule has 0 aliphatic heterocycles. The molecule has 0 atom stereocenters. The van der Waals surface area contributed by atoms with Crippen LogP contribution in [0.25, 0.3) is 97.1 Å². The minimum atomic E-state index is 1.10. The molecule has 0 amide bonds. The van der Waals surface area contributed by atoms with Gasteiger partial charge in [0.25, 0.3) is 0 Å². The molecule has 10 aromatic carbocycles. The first-order valence-electron chi connectivity index (χ1n) is 21.2. The number of hydrogen-bond acceptors (Lipinski definition) is 2. The van der Waals surface area contributed by atoms with E-state index in [-0.39, 0.29) is 0 Å². The average molecular weight is 808 g/mol. The number of aromatic nitrogens is 2. The van der Waals surface area contributed by atoms with Crippen LogP contribution < -0.4 is 4.90 Å². The van der Waals surface area contributed by atoms with E-state index in [2.05, 4.69) is 238 Å². The first kappa shape index (κ1) is 34.9. The Bertz CT molecular complexity index is 3850. The third kappa shape index (κ3) is 5.37. The number of anilines is 3. The molecule has 0 N–H and O–H groups in total. The molecule has 0 saturated carbocycles. The highest BCUT2D eigenvalue weighted by molar-refractivity contribution is 7.25. The lowest BCUT2D eigenvalue weighted by atomic mass is 10.0. The van der Waals surface area contributed by atoms with E-state index in [0.29, 0.717) is 0 Å². The van der Waals surface area contributed by atoms with Crippen LogP contribution >= 0.6 is 11.3 Å². The van der Waals surface area contributed by atoms with Crippen LogP contribution in [-0.4, -0.2) is 9.13 Å². The Balaban J connectivity index is 0.929. The second-order valence-corrected chi connectivity index (χ2v) is 17.2. The second kappa shape index (κ2) is 13.8. The molecule has 0 bridgehead atoms. The molecule has 0 radical (unpaired) electrons. The van der Waals surface area contributed by atoms with Crippen molar-refractivity contribution in [2.75, 3.05) is 4.90 Å². The molecule has 3 aromatic heterocycles. The SMILES string of the molecule is c1ccc(-n2c3ccccc3c3ccc(N(c4ccc(-c5ccc(-n6c7ccccc7c7c8ccccc8ccc76)cc5)cc4)c4ccc5c(c4)sc4ccccc45)cc32)cc1. The molecule has 3 nitrogen and oxygen atoms in total. The first-order chi connectivity index (χ1) is 30.7. The Kier molecular flexibility index (Phi) is 7.78. The highest BCUT2D eigenvalue weighted by Crippen LogP contribution is 2.43. The molecule has 0 fully saturated rings. The number of rotatable bonds is 6. The Morgan fingerprint density at radius 3 is 1.63 bits per heavy atom. The van der Waals surface area contributed by atoms with Crippen molar-refractivity contribution in [2.45, 2.75) is 0 Å². The quantitative estimate of drug-likeness (QED) is 0.163. The van der Waals surface area contributed by atoms with Crippen molar-refractivity contribution in [3.63, 3.8) is 0 Å². The topological polar surface area (TPSA) is 13.1 Å². The van der Waals surface area contributed by atoms with Crippen molar-refractivity contribution in [3.8, 4) is 22.5 Å². The largest absolute Gasteiger partial charge is 0.310 e. The molecule has 4 heteroatoms. The molecule has 0 aliphatic carbocycles. The van der Waals surface area contributed by atoms with E-state index in [4.69, 9.17) is 0 Å². The lowest BCUT2D eigenvalue weighted by molar-refractivity contribution is 1.18. The van der Waals surface area contributed by atoms with Gasteiger partial charge in [-0.2, -0.15) is 0 Å². The van der Waals surface area contributed by atoms with Gasteiger partial charge in [0.15, 0.2) is 0 Å². The fourth-order valence-electron chi connectivity index (χ4n) is 9.88. The molecule has 0 unspecified atom stereocenters. The van der Waals surface area contributed by atoms with Crippen LogP contribution in [0.5, 0.6) is 0 Å². The van der Waals surface area contributed by atoms with Crippen molar-refractivity contribution in [3.05, 3.63) is 224 Å². The monoisotopic (exact) mass is 807 g/mol. The van der Waals surface area contributed by atoms with E-state index in [0.717, 1.165) is 28.4 Å². The summed E-state index contributed by atoms with van der Waals surface area (Å²) in [6, 6.07) is 82.2. The van der Waals surface area contributed by atoms with Crippen LogP contribution in [0.3, 0.4) is 0 Å². The van der Waals surface area contributed by atoms with Gasteiger partial charge in [0.05, 0.1) is 22.1 Å². The van der Waals surface area contributed by atoms with E-state index in [9.17, 15) is 0 Å². The zero-order valence-corrected chi connectivity index (χ0v) is 34.4. The Hall–Kier alpha value is -7.92. The predicted octanol–water partition coefficient (Wildman–Crippen LogP) is 16.5. The summed E-state index contributed by atoms with van der Waals surface area (Å²) in [5, 5.41) is 10.2. The van der Waals surface area contributed by atoms with E-state index in [1.165, 1.54) is 85.7 Å². The summed E-state index contributed by atoms with van der Waals surface area (Å²) in [7, 11) is 0. The molecule has 13 aromatic rings. The molecule has 3 heterocycles. The van der Waals surface area contributed by atoms with E-state index < -0.39 is 0 Å². The van der Waals surface area contributed by atoms with Crippen LogP contribution in [0, 0.1) is 0 Å². The molecule has 13 rings (SSSR count). The van der Waals surface area contributed by atoms with Gasteiger partial charge in [0.1, 0.15) is 0 Å². The van der Waals surface area contributed by atoms with Gasteiger partial charge in [-0.25, -0.2) is 0 Å². The Morgan fingerprint density at radius 2 is 0.839 bits per heavy atom. The van der Waals surface area contributed by atoms with Gasteiger partial charge < -0.3 is 14.0 Å². The van der Waals surface area contributed by atoms with Crippen LogP contribution in [0.4, 0.5) is 17.1 Å². The van der Waals surface area contributed by atoms with E-state index in [1.807, 2.05) is 11.3 Å². The number of hydrogen-bond donors (Lipinski definition) is 0. The highest BCUT2D eigenvalue weighted by Gasteiger charge is 2.20. The van der Waals surface area contributed by atoms with E-state index in [1.54, 1.807) is 0 Å². The molecular formula is C58H37N3S. The fourth-order valence-corrected chi connectivity index (χ4v) is 11.0. The van der Waals surface area contributed by atoms with Crippen LogP contribution in [-0.2, 0) is 0 Å². The maximum atomic E-state index is 2.41. The van der Waals surface area contributed by atoms with E-state index >= 15 is 0 Å². The first-order valence-corrected chi connectivity index (χ1v) is 22.0. The second-order valence-electron chi connectivity index (χ2n) is 16.1. The van der Waals surface area contributed by atoms with Gasteiger partial charge in [-0.1, -0.05) is 140 Å². The summed E-state index contributed by atoms with van der Waals surface area (Å²) in [5.41, 5.74) is 12.8. The third-order valence-electron chi connectivity index (χ3n) is 12.7. The normalized spacial score (nSPS) is 11.9.